The molecule has 0 radical (unpaired) electrons. The van der Waals surface area contributed by atoms with Gasteiger partial charge in [-0.15, -0.1) is 0 Å². The van der Waals surface area contributed by atoms with E-state index >= 15 is 0 Å². The van der Waals surface area contributed by atoms with Gasteiger partial charge in [0, 0.05) is 17.7 Å². The summed E-state index contributed by atoms with van der Waals surface area (Å²) in [5.41, 5.74) is 3.06. The first-order valence-corrected chi connectivity index (χ1v) is 10.7. The Balaban J connectivity index is 1.39. The van der Waals surface area contributed by atoms with Gasteiger partial charge in [0.2, 0.25) is 5.91 Å². The number of fused-ring (bicyclic) bond motifs is 1. The van der Waals surface area contributed by atoms with Gasteiger partial charge in [0.15, 0.2) is 5.13 Å². The van der Waals surface area contributed by atoms with Crippen LogP contribution in [0.3, 0.4) is 0 Å². The van der Waals surface area contributed by atoms with Crippen LogP contribution in [-0.4, -0.2) is 16.8 Å². The Morgan fingerprint density at radius 1 is 0.968 bits per heavy atom. The Morgan fingerprint density at radius 2 is 1.74 bits per heavy atom. The number of carbonyl (C=O) groups is 2. The van der Waals surface area contributed by atoms with Gasteiger partial charge >= 0.3 is 0 Å². The number of anilines is 2. The topological polar surface area (TPSA) is 80.3 Å². The van der Waals surface area contributed by atoms with Crippen molar-refractivity contribution in [3.63, 3.8) is 0 Å². The lowest BCUT2D eigenvalue weighted by Crippen LogP contribution is -2.11. The monoisotopic (exact) mass is 431 g/mol. The van der Waals surface area contributed by atoms with Crippen LogP contribution in [-0.2, 0) is 11.4 Å². The van der Waals surface area contributed by atoms with E-state index in [0.29, 0.717) is 35.2 Å². The Hall–Kier alpha value is -3.71. The summed E-state index contributed by atoms with van der Waals surface area (Å²) in [7, 11) is 0. The molecule has 156 valence electrons. The lowest BCUT2D eigenvalue weighted by atomic mass is 10.2. The molecule has 0 spiro atoms. The van der Waals surface area contributed by atoms with Crippen LogP contribution in [0.2, 0.25) is 0 Å². The molecule has 2 N–H and O–H groups in total. The summed E-state index contributed by atoms with van der Waals surface area (Å²) < 4.78 is 6.65. The standard InChI is InChI=1S/C24H21N3O3S/c1-2-22(28)27-24-26-20-13-10-18(14-21(20)31-24)25-23(29)17-8-11-19(12-9-17)30-15-16-6-4-3-5-7-16/h3-14H,2,15H2,1H3,(H,25,29)(H,26,27,28). The molecule has 0 aliphatic rings. The summed E-state index contributed by atoms with van der Waals surface area (Å²) >= 11 is 1.37. The van der Waals surface area contributed by atoms with Crippen LogP contribution < -0.4 is 15.4 Å². The highest BCUT2D eigenvalue weighted by atomic mass is 32.1. The summed E-state index contributed by atoms with van der Waals surface area (Å²) in [4.78, 5) is 28.6. The molecule has 3 aromatic carbocycles. The van der Waals surface area contributed by atoms with Crippen LogP contribution in [0.15, 0.2) is 72.8 Å². The van der Waals surface area contributed by atoms with Crippen molar-refractivity contribution in [2.75, 3.05) is 10.6 Å². The number of rotatable bonds is 7. The quantitative estimate of drug-likeness (QED) is 0.406. The van der Waals surface area contributed by atoms with Crippen LogP contribution in [0.5, 0.6) is 5.75 Å². The Labute approximate surface area is 183 Å². The van der Waals surface area contributed by atoms with Gasteiger partial charge in [-0.3, -0.25) is 9.59 Å². The number of benzene rings is 3. The maximum Gasteiger partial charge on any atom is 0.255 e. The van der Waals surface area contributed by atoms with Crippen molar-refractivity contribution in [3.8, 4) is 5.75 Å². The fourth-order valence-electron chi connectivity index (χ4n) is 2.91. The van der Waals surface area contributed by atoms with Crippen molar-refractivity contribution in [3.05, 3.63) is 83.9 Å². The van der Waals surface area contributed by atoms with Crippen molar-refractivity contribution in [2.45, 2.75) is 20.0 Å². The average molecular weight is 432 g/mol. The number of thiazole rings is 1. The maximum atomic E-state index is 12.6. The third kappa shape index (κ3) is 5.26. The van der Waals surface area contributed by atoms with Crippen molar-refractivity contribution in [1.29, 1.82) is 0 Å². The molecule has 0 unspecified atom stereocenters. The number of carbonyl (C=O) groups excluding carboxylic acids is 2. The lowest BCUT2D eigenvalue weighted by Gasteiger charge is -2.08. The van der Waals surface area contributed by atoms with Gasteiger partial charge in [-0.25, -0.2) is 4.98 Å². The highest BCUT2D eigenvalue weighted by Crippen LogP contribution is 2.28. The molecule has 0 aliphatic carbocycles. The molecule has 31 heavy (non-hydrogen) atoms. The van der Waals surface area contributed by atoms with E-state index in [9.17, 15) is 9.59 Å². The van der Waals surface area contributed by atoms with Crippen LogP contribution >= 0.6 is 11.3 Å². The van der Waals surface area contributed by atoms with E-state index < -0.39 is 0 Å². The third-order valence-electron chi connectivity index (χ3n) is 4.58. The second-order valence-electron chi connectivity index (χ2n) is 6.86. The Morgan fingerprint density at radius 3 is 2.48 bits per heavy atom. The number of amides is 2. The van der Waals surface area contributed by atoms with Gasteiger partial charge in [0.05, 0.1) is 10.2 Å². The summed E-state index contributed by atoms with van der Waals surface area (Å²) in [6.45, 7) is 2.26. The molecule has 2 amide bonds. The molecule has 0 atom stereocenters. The fraction of sp³-hybridized carbons (Fsp3) is 0.125. The zero-order valence-electron chi connectivity index (χ0n) is 16.9. The van der Waals surface area contributed by atoms with Gasteiger partial charge in [-0.1, -0.05) is 48.6 Å². The van der Waals surface area contributed by atoms with Gasteiger partial charge in [-0.2, -0.15) is 0 Å². The number of nitrogens with zero attached hydrogens (tertiary/aromatic N) is 1. The largest absolute Gasteiger partial charge is 0.489 e. The van der Waals surface area contributed by atoms with Gasteiger partial charge < -0.3 is 15.4 Å². The van der Waals surface area contributed by atoms with Gasteiger partial charge in [-0.05, 0) is 48.0 Å². The molecule has 1 heterocycles. The minimum atomic E-state index is -0.210. The van der Waals surface area contributed by atoms with E-state index in [2.05, 4.69) is 15.6 Å². The summed E-state index contributed by atoms with van der Waals surface area (Å²) in [5.74, 6) is 0.412. The Kier molecular flexibility index (Phi) is 6.24. The SMILES string of the molecule is CCC(=O)Nc1nc2ccc(NC(=O)c3ccc(OCc4ccccc4)cc3)cc2s1. The Bertz CT molecular complexity index is 1200. The second-order valence-corrected chi connectivity index (χ2v) is 7.89. The molecule has 7 heteroatoms. The predicted molar refractivity (Wildman–Crippen MR) is 124 cm³/mol. The highest BCUT2D eigenvalue weighted by Gasteiger charge is 2.10. The molecule has 0 bridgehead atoms. The number of ether oxygens (including phenoxy) is 1. The van der Waals surface area contributed by atoms with E-state index in [-0.39, 0.29) is 11.8 Å². The minimum Gasteiger partial charge on any atom is -0.489 e. The summed E-state index contributed by atoms with van der Waals surface area (Å²) in [5, 5.41) is 6.22. The molecule has 0 aliphatic heterocycles. The summed E-state index contributed by atoms with van der Waals surface area (Å²) in [6, 6.07) is 22.4. The molecule has 4 aromatic rings. The van der Waals surface area contributed by atoms with E-state index in [1.807, 2.05) is 42.5 Å². The van der Waals surface area contributed by atoms with Crippen LogP contribution in [0, 0.1) is 0 Å². The van der Waals surface area contributed by atoms with Crippen molar-refractivity contribution < 1.29 is 14.3 Å². The first-order valence-electron chi connectivity index (χ1n) is 9.89. The van der Waals surface area contributed by atoms with Crippen LogP contribution in [0.1, 0.15) is 29.3 Å². The molecular formula is C24H21N3O3S. The molecule has 1 aromatic heterocycles. The van der Waals surface area contributed by atoms with Gasteiger partial charge in [0.1, 0.15) is 12.4 Å². The third-order valence-corrected chi connectivity index (χ3v) is 5.51. The van der Waals surface area contributed by atoms with Crippen molar-refractivity contribution in [2.24, 2.45) is 0 Å². The fourth-order valence-corrected chi connectivity index (χ4v) is 3.83. The second kappa shape index (κ2) is 9.40. The molecule has 0 saturated heterocycles. The van der Waals surface area contributed by atoms with Crippen molar-refractivity contribution >= 4 is 44.2 Å². The number of hydrogen-bond acceptors (Lipinski definition) is 5. The maximum absolute atomic E-state index is 12.6. The predicted octanol–water partition coefficient (Wildman–Crippen LogP) is 5.48. The summed E-state index contributed by atoms with van der Waals surface area (Å²) in [6.07, 6.45) is 0.396. The number of nitrogens with one attached hydrogen (secondary N) is 2. The lowest BCUT2D eigenvalue weighted by molar-refractivity contribution is -0.115. The molecular weight excluding hydrogens is 410 g/mol. The molecule has 4 rings (SSSR count). The first-order chi connectivity index (χ1) is 15.1. The van der Waals surface area contributed by atoms with Crippen molar-refractivity contribution in [1.82, 2.24) is 4.98 Å². The number of hydrogen-bond donors (Lipinski definition) is 2. The van der Waals surface area contributed by atoms with Crippen LogP contribution in [0.25, 0.3) is 10.2 Å². The smallest absolute Gasteiger partial charge is 0.255 e. The average Bonchev–Trinajstić information content (AvgIpc) is 3.20. The highest BCUT2D eigenvalue weighted by molar-refractivity contribution is 7.22. The molecule has 0 saturated carbocycles. The normalized spacial score (nSPS) is 10.6. The van der Waals surface area contributed by atoms with E-state index in [4.69, 9.17) is 4.74 Å². The minimum absolute atomic E-state index is 0.0798. The van der Waals surface area contributed by atoms with Crippen LogP contribution in [0.4, 0.5) is 10.8 Å². The zero-order valence-corrected chi connectivity index (χ0v) is 17.7. The van der Waals surface area contributed by atoms with Gasteiger partial charge in [0.25, 0.3) is 5.91 Å². The zero-order chi connectivity index (χ0) is 21.6. The molecule has 0 fully saturated rings. The molecule has 6 nitrogen and oxygen atoms in total. The number of aromatic nitrogens is 1. The van der Waals surface area contributed by atoms with E-state index in [1.165, 1.54) is 11.3 Å². The van der Waals surface area contributed by atoms with E-state index in [1.54, 1.807) is 37.3 Å². The van der Waals surface area contributed by atoms with E-state index in [0.717, 1.165) is 15.8 Å². The first kappa shape index (κ1) is 20.6.